The molecule has 194 valence electrons. The second-order valence-corrected chi connectivity index (χ2v) is 10.4. The molecule has 0 bridgehead atoms. The zero-order chi connectivity index (χ0) is 24.5. The third-order valence-electron chi connectivity index (χ3n) is 4.87. The maximum Gasteiger partial charge on any atom is 0.330 e. The number of nitrogens with zero attached hydrogens (tertiary/aromatic N) is 1. The first-order valence-electron chi connectivity index (χ1n) is 10.9. The summed E-state index contributed by atoms with van der Waals surface area (Å²) in [5, 5.41) is 9.77. The van der Waals surface area contributed by atoms with Crippen LogP contribution in [0.15, 0.2) is 15.8 Å². The monoisotopic (exact) mass is 524 g/mol. The molecule has 2 aliphatic rings. The van der Waals surface area contributed by atoms with Gasteiger partial charge in [-0.25, -0.2) is 4.79 Å². The van der Waals surface area contributed by atoms with Gasteiger partial charge < -0.3 is 38.3 Å². The van der Waals surface area contributed by atoms with Crippen molar-refractivity contribution in [1.82, 2.24) is 9.55 Å². The van der Waals surface area contributed by atoms with Gasteiger partial charge in [-0.05, 0) is 13.8 Å². The van der Waals surface area contributed by atoms with Gasteiger partial charge in [0.15, 0.2) is 0 Å². The van der Waals surface area contributed by atoms with Crippen molar-refractivity contribution >= 4 is 21.6 Å². The van der Waals surface area contributed by atoms with E-state index in [-0.39, 0.29) is 31.8 Å². The Morgan fingerprint density at radius 3 is 2.41 bits per heavy atom. The minimum atomic E-state index is -0.790. The summed E-state index contributed by atoms with van der Waals surface area (Å²) in [6.07, 6.45) is 0.0291. The number of hydrogen-bond acceptors (Lipinski definition) is 12. The molecule has 0 saturated carbocycles. The third kappa shape index (κ3) is 8.62. The van der Waals surface area contributed by atoms with Crippen molar-refractivity contribution in [2.45, 2.75) is 57.8 Å². The highest BCUT2D eigenvalue weighted by atomic mass is 33.1. The molecule has 2 fully saturated rings. The number of aliphatic hydroxyl groups excluding tert-OH is 1. The van der Waals surface area contributed by atoms with Crippen LogP contribution < -0.4 is 11.2 Å². The van der Waals surface area contributed by atoms with Crippen LogP contribution in [0, 0.1) is 6.92 Å². The molecular weight excluding hydrogens is 492 g/mol. The lowest BCUT2D eigenvalue weighted by Crippen LogP contribution is -2.35. The van der Waals surface area contributed by atoms with Crippen LogP contribution in [0.3, 0.4) is 0 Å². The first-order valence-corrected chi connectivity index (χ1v) is 13.4. The fourth-order valence-electron chi connectivity index (χ4n) is 3.16. The largest absolute Gasteiger partial charge is 0.393 e. The third-order valence-corrected chi connectivity index (χ3v) is 7.37. The molecule has 6 atom stereocenters. The summed E-state index contributed by atoms with van der Waals surface area (Å²) in [6, 6.07) is 0. The van der Waals surface area contributed by atoms with Gasteiger partial charge in [0.2, 0.25) is 0 Å². The molecule has 3 heterocycles. The molecule has 0 radical (unpaired) electrons. The van der Waals surface area contributed by atoms with Gasteiger partial charge in [0.25, 0.3) is 18.5 Å². The first kappa shape index (κ1) is 27.6. The fourth-order valence-corrected chi connectivity index (χ4v) is 5.49. The second kappa shape index (κ2) is 14.0. The average Bonchev–Trinajstić information content (AvgIpc) is 3.45. The highest BCUT2D eigenvalue weighted by Gasteiger charge is 2.28. The van der Waals surface area contributed by atoms with Crippen LogP contribution in [-0.4, -0.2) is 91.0 Å². The normalized spacial score (nSPS) is 26.7. The van der Waals surface area contributed by atoms with Crippen molar-refractivity contribution in [3.63, 3.8) is 0 Å². The van der Waals surface area contributed by atoms with Gasteiger partial charge in [-0.1, -0.05) is 21.6 Å². The molecule has 1 aromatic heterocycles. The lowest BCUT2D eigenvalue weighted by atomic mass is 10.2. The number of hydrogen-bond donors (Lipinski definition) is 2. The lowest BCUT2D eigenvalue weighted by Gasteiger charge is -2.22. The van der Waals surface area contributed by atoms with Crippen LogP contribution in [0.4, 0.5) is 0 Å². The van der Waals surface area contributed by atoms with E-state index < -0.39 is 36.5 Å². The molecule has 14 heteroatoms. The number of aryl methyl sites for hydroxylation is 1. The van der Waals surface area contributed by atoms with E-state index in [0.29, 0.717) is 18.8 Å². The van der Waals surface area contributed by atoms with Crippen molar-refractivity contribution in [3.05, 3.63) is 32.6 Å². The van der Waals surface area contributed by atoms with Gasteiger partial charge >= 0.3 is 5.69 Å². The standard InChI is InChI=1S/C20H32N2O10S2/c1-12-7-22(18(25)21-17(12)24)16(6-13(2)23)27-4-5-28-20-30-9-15(32-20)11-34-33-10-14-8-29-19(26-3)31-14/h7,13-16,19-20,23H,4-6,8-11H2,1-3H3,(H,21,24,25). The summed E-state index contributed by atoms with van der Waals surface area (Å²) >= 11 is 0. The van der Waals surface area contributed by atoms with Gasteiger partial charge in [-0.3, -0.25) is 14.3 Å². The van der Waals surface area contributed by atoms with Crippen LogP contribution in [0.5, 0.6) is 0 Å². The zero-order valence-electron chi connectivity index (χ0n) is 19.4. The number of aromatic nitrogens is 2. The number of ether oxygens (including phenoxy) is 7. The Morgan fingerprint density at radius 1 is 1.15 bits per heavy atom. The Labute approximate surface area is 204 Å². The van der Waals surface area contributed by atoms with Crippen molar-refractivity contribution < 1.29 is 38.3 Å². The van der Waals surface area contributed by atoms with Crippen LogP contribution in [0.2, 0.25) is 0 Å². The summed E-state index contributed by atoms with van der Waals surface area (Å²) in [5.74, 6) is 1.51. The highest BCUT2D eigenvalue weighted by molar-refractivity contribution is 8.76. The molecular formula is C20H32N2O10S2. The molecule has 0 spiro atoms. The number of nitrogens with one attached hydrogen (secondary N) is 1. The Hall–Kier alpha value is -0.940. The minimum absolute atomic E-state index is 0.00725. The molecule has 0 aliphatic carbocycles. The van der Waals surface area contributed by atoms with Crippen molar-refractivity contribution in [1.29, 1.82) is 0 Å². The molecule has 0 aromatic carbocycles. The fraction of sp³-hybridized carbons (Fsp3) is 0.800. The number of methoxy groups -OCH3 is 1. The predicted octanol–water partition coefficient (Wildman–Crippen LogP) is 0.574. The Morgan fingerprint density at radius 2 is 1.79 bits per heavy atom. The summed E-state index contributed by atoms with van der Waals surface area (Å²) in [4.78, 5) is 26.0. The molecule has 2 saturated heterocycles. The molecule has 12 nitrogen and oxygen atoms in total. The van der Waals surface area contributed by atoms with Gasteiger partial charge in [-0.15, -0.1) is 0 Å². The van der Waals surface area contributed by atoms with Gasteiger partial charge in [0.05, 0.1) is 44.7 Å². The summed E-state index contributed by atoms with van der Waals surface area (Å²) in [7, 11) is 4.87. The van der Waals surface area contributed by atoms with Crippen LogP contribution in [0.25, 0.3) is 0 Å². The van der Waals surface area contributed by atoms with Crippen molar-refractivity contribution in [2.24, 2.45) is 0 Å². The van der Waals surface area contributed by atoms with Gasteiger partial charge in [0, 0.05) is 36.8 Å². The molecule has 3 rings (SSSR count). The van der Waals surface area contributed by atoms with E-state index in [0.717, 1.165) is 11.5 Å². The molecule has 1 aromatic rings. The smallest absolute Gasteiger partial charge is 0.330 e. The molecule has 34 heavy (non-hydrogen) atoms. The number of aliphatic hydroxyl groups is 1. The highest BCUT2D eigenvalue weighted by Crippen LogP contribution is 2.28. The number of rotatable bonds is 14. The Balaban J connectivity index is 1.33. The Kier molecular flexibility index (Phi) is 11.4. The number of aromatic amines is 1. The predicted molar refractivity (Wildman–Crippen MR) is 124 cm³/mol. The van der Waals surface area contributed by atoms with E-state index in [1.807, 2.05) is 0 Å². The molecule has 2 aliphatic heterocycles. The van der Waals surface area contributed by atoms with Crippen LogP contribution >= 0.6 is 21.6 Å². The van der Waals surface area contributed by atoms with Crippen molar-refractivity contribution in [2.75, 3.05) is 45.0 Å². The molecule has 6 unspecified atom stereocenters. The summed E-state index contributed by atoms with van der Waals surface area (Å²) in [5.41, 5.74) is -0.691. The summed E-state index contributed by atoms with van der Waals surface area (Å²) in [6.45, 7) is 3.05. The van der Waals surface area contributed by atoms with Crippen LogP contribution in [0.1, 0.15) is 25.1 Å². The van der Waals surface area contributed by atoms with E-state index in [9.17, 15) is 14.7 Å². The minimum Gasteiger partial charge on any atom is -0.393 e. The maximum atomic E-state index is 12.2. The van der Waals surface area contributed by atoms with Gasteiger partial charge in [-0.2, -0.15) is 0 Å². The first-order chi connectivity index (χ1) is 16.4. The molecule has 2 N–H and O–H groups in total. The summed E-state index contributed by atoms with van der Waals surface area (Å²) < 4.78 is 39.6. The van der Waals surface area contributed by atoms with E-state index in [4.69, 9.17) is 33.2 Å². The van der Waals surface area contributed by atoms with E-state index >= 15 is 0 Å². The van der Waals surface area contributed by atoms with Gasteiger partial charge in [0.1, 0.15) is 6.23 Å². The maximum absolute atomic E-state index is 12.2. The van der Waals surface area contributed by atoms with Crippen molar-refractivity contribution in [3.8, 4) is 0 Å². The van der Waals surface area contributed by atoms with E-state index in [2.05, 4.69) is 4.98 Å². The SMILES string of the molecule is COC1OCC(CSSCC2COC(OCCOC(CC(C)O)n3cc(C)c(=O)[nH]c3=O)O2)O1. The lowest BCUT2D eigenvalue weighted by molar-refractivity contribution is -0.242. The van der Waals surface area contributed by atoms with E-state index in [1.165, 1.54) is 10.8 Å². The molecule has 0 amide bonds. The topological polar surface area (TPSA) is 140 Å². The van der Waals surface area contributed by atoms with E-state index in [1.54, 1.807) is 42.5 Å². The zero-order valence-corrected chi connectivity index (χ0v) is 21.0. The quantitative estimate of drug-likeness (QED) is 0.260. The second-order valence-electron chi connectivity index (χ2n) is 7.82. The van der Waals surface area contributed by atoms with Crippen LogP contribution in [-0.2, 0) is 33.2 Å². The Bertz CT molecular complexity index is 866. The average molecular weight is 525 g/mol. The number of H-pyrrole nitrogens is 1.